The third kappa shape index (κ3) is 16.3. The predicted molar refractivity (Wildman–Crippen MR) is 336 cm³/mol. The number of halogens is 3. The average Bonchev–Trinajstić information content (AvgIpc) is 1.82. The van der Waals surface area contributed by atoms with Gasteiger partial charge in [-0.25, -0.2) is 21.6 Å². The van der Waals surface area contributed by atoms with Crippen molar-refractivity contribution >= 4 is 84.1 Å². The van der Waals surface area contributed by atoms with Crippen LogP contribution in [0.4, 0.5) is 30.2 Å². The van der Waals surface area contributed by atoms with Crippen molar-refractivity contribution in [3.63, 3.8) is 0 Å². The second kappa shape index (κ2) is 28.4. The summed E-state index contributed by atoms with van der Waals surface area (Å²) in [6.45, 7) is 18.0. The number of allylic oxidation sites excluding steroid dienone is 2. The Labute approximate surface area is 523 Å². The van der Waals surface area contributed by atoms with E-state index in [2.05, 4.69) is 58.0 Å². The largest absolute Gasteiger partial charge is 0.501 e. The first kappa shape index (κ1) is 66.4. The summed E-state index contributed by atoms with van der Waals surface area (Å²) in [4.78, 5) is 85.3. The maximum atomic E-state index is 14.5. The number of sulfonamides is 1. The van der Waals surface area contributed by atoms with Gasteiger partial charge < -0.3 is 20.4 Å². The zero-order chi connectivity index (χ0) is 63.8. The number of carbonyl (C=O) groups excluding carboxylic acids is 6. The molecule has 89 heavy (non-hydrogen) atoms. The van der Waals surface area contributed by atoms with E-state index in [1.807, 2.05) is 35.1 Å². The van der Waals surface area contributed by atoms with Gasteiger partial charge in [0.05, 0.1) is 21.7 Å². The number of imide groups is 2. The second-order valence-electron chi connectivity index (χ2n) is 24.2. The number of sulfone groups is 1. The monoisotopic (exact) mass is 1290 g/mol. The van der Waals surface area contributed by atoms with Gasteiger partial charge in [-0.15, -0.1) is 11.8 Å². The molecule has 25 heteroatoms. The van der Waals surface area contributed by atoms with Crippen LogP contribution in [-0.4, -0.2) is 167 Å². The summed E-state index contributed by atoms with van der Waals surface area (Å²) < 4.78 is 99.6. The molecule has 0 aromatic heterocycles. The fourth-order valence-electron chi connectivity index (χ4n) is 12.0. The van der Waals surface area contributed by atoms with E-state index in [0.717, 1.165) is 92.4 Å². The minimum absolute atomic E-state index is 0.0154. The van der Waals surface area contributed by atoms with Crippen molar-refractivity contribution in [3.05, 3.63) is 131 Å². The molecule has 478 valence electrons. The molecule has 9 rings (SSSR count). The van der Waals surface area contributed by atoms with E-state index in [1.165, 1.54) is 46.7 Å². The summed E-state index contributed by atoms with van der Waals surface area (Å²) in [5.41, 5.74) is -0.196. The van der Waals surface area contributed by atoms with E-state index in [4.69, 9.17) is 0 Å². The Morgan fingerprint density at radius 3 is 2.19 bits per heavy atom. The van der Waals surface area contributed by atoms with Gasteiger partial charge >= 0.3 is 5.51 Å². The molecule has 19 nitrogen and oxygen atoms in total. The Kier molecular flexibility index (Phi) is 21.2. The summed E-state index contributed by atoms with van der Waals surface area (Å²) >= 11 is 1.40. The first-order chi connectivity index (χ1) is 42.3. The van der Waals surface area contributed by atoms with E-state index in [-0.39, 0.29) is 53.0 Å². The first-order valence-electron chi connectivity index (χ1n) is 30.3. The van der Waals surface area contributed by atoms with Crippen LogP contribution in [0.2, 0.25) is 0 Å². The van der Waals surface area contributed by atoms with Crippen molar-refractivity contribution in [2.24, 2.45) is 5.41 Å². The maximum absolute atomic E-state index is 14.5. The van der Waals surface area contributed by atoms with Crippen molar-refractivity contribution in [1.82, 2.24) is 29.6 Å². The lowest BCUT2D eigenvalue weighted by Gasteiger charge is -2.39. The number of piperazine rings is 2. The number of fused-ring (bicyclic) bond motifs is 1. The van der Waals surface area contributed by atoms with E-state index >= 15 is 0 Å². The molecule has 3 saturated heterocycles. The lowest BCUT2D eigenvalue weighted by atomic mass is 9.72. The number of piperidine rings is 1. The van der Waals surface area contributed by atoms with Gasteiger partial charge in [-0.1, -0.05) is 63.1 Å². The van der Waals surface area contributed by atoms with Crippen LogP contribution in [0.1, 0.15) is 122 Å². The molecular weight excluding hydrogens is 1210 g/mol. The zero-order valence-electron chi connectivity index (χ0n) is 50.5. The molecule has 4 aromatic rings. The van der Waals surface area contributed by atoms with E-state index < -0.39 is 82.5 Å². The normalized spacial score (nSPS) is 19.0. The highest BCUT2D eigenvalue weighted by Crippen LogP contribution is 2.43. The molecular formula is C64H78F3N9O10S3. The number of benzene rings is 4. The Hall–Kier alpha value is -7.06. The highest BCUT2D eigenvalue weighted by atomic mass is 32.2. The summed E-state index contributed by atoms with van der Waals surface area (Å²) in [6.07, 6.45) is 7.09. The van der Waals surface area contributed by atoms with Gasteiger partial charge in [0, 0.05) is 118 Å². The van der Waals surface area contributed by atoms with Gasteiger partial charge in [0.25, 0.3) is 37.6 Å². The molecule has 6 amide bonds. The van der Waals surface area contributed by atoms with Crippen molar-refractivity contribution in [1.29, 1.82) is 0 Å². The topological polar surface area (TPSA) is 235 Å². The first-order valence-corrected chi connectivity index (χ1v) is 34.3. The lowest BCUT2D eigenvalue weighted by Crippen LogP contribution is -2.54. The molecule has 4 aliphatic heterocycles. The number of thioether (sulfide) groups is 1. The minimum Gasteiger partial charge on any atom is -0.385 e. The molecule has 0 bridgehead atoms. The number of unbranched alkanes of at least 4 members (excludes halogenated alkanes) is 1. The minimum atomic E-state index is -6.16. The van der Waals surface area contributed by atoms with Crippen LogP contribution in [0.15, 0.2) is 129 Å². The third-order valence-corrected chi connectivity index (χ3v) is 21.2. The quantitative estimate of drug-likeness (QED) is 0.0275. The zero-order valence-corrected chi connectivity index (χ0v) is 52.9. The number of hydrogen-bond acceptors (Lipinski definition) is 16. The summed E-state index contributed by atoms with van der Waals surface area (Å²) in [6, 6.07) is 21.0. The second-order valence-corrected chi connectivity index (χ2v) is 28.9. The maximum Gasteiger partial charge on any atom is 0.501 e. The average molecular weight is 1290 g/mol. The SMILES string of the molecule is C=C(CCC)C1=C(CN2CCN(c3ccc(C(=O)NS(=O)(=O)c4ccc(N[C@H](CCN5CCN(C(=O)CCCCNc6ccc7c(c6)C(=O)N(C6CCC(=O)NC6=O)C7=O)CC5)CSc5ccccc5)c(S(=O)(=O)C(F)(F)F)c4)cc3)CC2)CCC(C)(C)C1. The Morgan fingerprint density at radius 1 is 0.809 bits per heavy atom. The van der Waals surface area contributed by atoms with Gasteiger partial charge in [0.2, 0.25) is 17.7 Å². The van der Waals surface area contributed by atoms with Crippen LogP contribution in [0, 0.1) is 5.41 Å². The molecule has 2 atom stereocenters. The molecule has 4 N–H and O–H groups in total. The van der Waals surface area contributed by atoms with E-state index in [9.17, 15) is 58.8 Å². The summed E-state index contributed by atoms with van der Waals surface area (Å²) in [7, 11) is -11.1. The molecule has 0 spiro atoms. The Balaban J connectivity index is 0.773. The lowest BCUT2D eigenvalue weighted by molar-refractivity contribution is -0.136. The van der Waals surface area contributed by atoms with Crippen LogP contribution in [-0.2, 0) is 34.2 Å². The molecule has 4 aromatic carbocycles. The number of hydrogen-bond donors (Lipinski definition) is 4. The Bertz CT molecular complexity index is 3590. The van der Waals surface area contributed by atoms with E-state index in [1.54, 1.807) is 29.2 Å². The summed E-state index contributed by atoms with van der Waals surface area (Å²) in [5, 5.41) is 8.41. The van der Waals surface area contributed by atoms with Gasteiger partial charge in [-0.2, -0.15) is 13.2 Å². The van der Waals surface area contributed by atoms with Gasteiger partial charge in [0.15, 0.2) is 0 Å². The van der Waals surface area contributed by atoms with Gasteiger partial charge in [0.1, 0.15) is 10.9 Å². The van der Waals surface area contributed by atoms with Crippen molar-refractivity contribution < 1.29 is 58.8 Å². The highest BCUT2D eigenvalue weighted by Gasteiger charge is 2.49. The predicted octanol–water partition coefficient (Wildman–Crippen LogP) is 8.87. The number of rotatable bonds is 25. The number of amides is 6. The fraction of sp³-hybridized carbons (Fsp3) is 0.469. The van der Waals surface area contributed by atoms with Crippen molar-refractivity contribution in [2.45, 2.75) is 124 Å². The standard InChI is InChI=1S/C64H78F3N9O10S3/c1-5-11-43(2)53-40-63(3,4)27-25-45(53)41-73-32-34-74(35-33-73)48-18-15-44(16-19-48)59(79)71-89(85,86)50-20-22-54(56(39-50)88(83,84)64(65,66)67)69-47(42-87-49-12-7-6-8-13-49)26-29-72-30-36-75(37-31-72)58(78)14-9-10-28-68-46-17-21-51-52(38-46)62(82)76(61(51)81)55-23-24-57(77)70-60(55)80/h6-8,12-13,15-22,38-39,47,55,68-69H,2,5,9-11,14,23-37,40-42H2,1,3-4H3,(H,71,79)(H,70,77,80)/t47-,55?/m1/s1. The van der Waals surface area contributed by atoms with Gasteiger partial charge in [-0.3, -0.25) is 48.8 Å². The van der Waals surface area contributed by atoms with Gasteiger partial charge in [-0.05, 0) is 135 Å². The summed E-state index contributed by atoms with van der Waals surface area (Å²) in [5.74, 6) is -3.17. The smallest absolute Gasteiger partial charge is 0.385 e. The third-order valence-electron chi connectivity index (χ3n) is 17.2. The fourth-order valence-corrected chi connectivity index (χ4v) is 15.0. The number of nitrogens with one attached hydrogen (secondary N) is 4. The number of alkyl halides is 3. The van der Waals surface area contributed by atoms with Crippen molar-refractivity contribution in [3.8, 4) is 0 Å². The number of anilines is 3. The van der Waals surface area contributed by atoms with Crippen LogP contribution in [0.3, 0.4) is 0 Å². The molecule has 4 heterocycles. The molecule has 1 aliphatic carbocycles. The highest BCUT2D eigenvalue weighted by molar-refractivity contribution is 7.99. The van der Waals surface area contributed by atoms with Crippen LogP contribution < -0.4 is 25.6 Å². The molecule has 3 fully saturated rings. The Morgan fingerprint density at radius 2 is 1.51 bits per heavy atom. The molecule has 0 radical (unpaired) electrons. The molecule has 0 saturated carbocycles. The number of nitrogens with zero attached hydrogens (tertiary/aromatic N) is 5. The van der Waals surface area contributed by atoms with Crippen LogP contribution >= 0.6 is 11.8 Å². The van der Waals surface area contributed by atoms with Crippen molar-refractivity contribution in [2.75, 3.05) is 93.3 Å². The van der Waals surface area contributed by atoms with E-state index in [0.29, 0.717) is 70.3 Å². The number of carbonyl (C=O) groups is 6. The van der Waals surface area contributed by atoms with Crippen LogP contribution in [0.25, 0.3) is 0 Å². The molecule has 5 aliphatic rings. The molecule has 1 unspecified atom stereocenters. The van der Waals surface area contributed by atoms with Crippen LogP contribution in [0.5, 0.6) is 0 Å².